The second-order valence-electron chi connectivity index (χ2n) is 3.30. The Morgan fingerprint density at radius 2 is 1.38 bits per heavy atom. The van der Waals surface area contributed by atoms with Gasteiger partial charge in [-0.3, -0.25) is 0 Å². The van der Waals surface area contributed by atoms with E-state index < -0.39 is 0 Å². The number of benzene rings is 2. The zero-order valence-corrected chi connectivity index (χ0v) is 9.34. The Balaban J connectivity index is 0.000000160. The fourth-order valence-electron chi connectivity index (χ4n) is 1.20. The molecule has 1 nitrogen and oxygen atoms in total. The van der Waals surface area contributed by atoms with Crippen LogP contribution in [-0.2, 0) is 6.54 Å². The van der Waals surface area contributed by atoms with Crippen LogP contribution in [-0.4, -0.2) is 0 Å². The molecule has 0 unspecified atom stereocenters. The quantitative estimate of drug-likeness (QED) is 0.808. The molecule has 0 fully saturated rings. The Bertz CT molecular complexity index is 392. The second-order valence-corrected chi connectivity index (χ2v) is 3.30. The van der Waals surface area contributed by atoms with Crippen LogP contribution in [0.3, 0.4) is 0 Å². The van der Waals surface area contributed by atoms with Gasteiger partial charge in [-0.05, 0) is 11.1 Å². The molecule has 0 aliphatic carbocycles. The van der Waals surface area contributed by atoms with Crippen molar-refractivity contribution in [3.63, 3.8) is 0 Å². The summed E-state index contributed by atoms with van der Waals surface area (Å²) in [6, 6.07) is 20.0. The van der Waals surface area contributed by atoms with Crippen LogP contribution in [0.25, 0.3) is 6.08 Å². The van der Waals surface area contributed by atoms with Crippen molar-refractivity contribution in [2.75, 3.05) is 0 Å². The number of nitrogens with two attached hydrogens (primary N) is 1. The van der Waals surface area contributed by atoms with Gasteiger partial charge in [0.15, 0.2) is 0 Å². The van der Waals surface area contributed by atoms with E-state index in [0.717, 1.165) is 0 Å². The molecule has 0 radical (unpaired) electrons. The summed E-state index contributed by atoms with van der Waals surface area (Å²) in [7, 11) is 0. The fourth-order valence-corrected chi connectivity index (χ4v) is 1.20. The van der Waals surface area contributed by atoms with Crippen molar-refractivity contribution in [1.29, 1.82) is 0 Å². The van der Waals surface area contributed by atoms with Crippen molar-refractivity contribution in [1.82, 2.24) is 0 Å². The first-order valence-corrected chi connectivity index (χ1v) is 5.28. The van der Waals surface area contributed by atoms with E-state index in [2.05, 4.69) is 6.58 Å². The Morgan fingerprint density at radius 3 is 1.69 bits per heavy atom. The maximum Gasteiger partial charge on any atom is 0.0178 e. The number of hydrogen-bond donors (Lipinski definition) is 1. The molecule has 0 heterocycles. The lowest BCUT2D eigenvalue weighted by Crippen LogP contribution is -1.94. The average Bonchev–Trinajstić information content (AvgIpc) is 2.41. The zero-order valence-electron chi connectivity index (χ0n) is 9.34. The van der Waals surface area contributed by atoms with Gasteiger partial charge in [0.25, 0.3) is 0 Å². The summed E-state index contributed by atoms with van der Waals surface area (Å²) in [5.41, 5.74) is 7.71. The highest BCUT2D eigenvalue weighted by Gasteiger charge is 1.80. The molecule has 2 N–H and O–H groups in total. The molecule has 0 saturated carbocycles. The Kier molecular flexibility index (Phi) is 5.67. The summed E-state index contributed by atoms with van der Waals surface area (Å²) >= 11 is 0. The van der Waals surface area contributed by atoms with Gasteiger partial charge in [-0.15, -0.1) is 0 Å². The van der Waals surface area contributed by atoms with Crippen molar-refractivity contribution >= 4 is 6.08 Å². The van der Waals surface area contributed by atoms with Gasteiger partial charge in [0.2, 0.25) is 0 Å². The number of hydrogen-bond acceptors (Lipinski definition) is 1. The minimum Gasteiger partial charge on any atom is -0.326 e. The van der Waals surface area contributed by atoms with Crippen LogP contribution in [0.5, 0.6) is 0 Å². The van der Waals surface area contributed by atoms with Crippen molar-refractivity contribution in [2.24, 2.45) is 5.73 Å². The maximum absolute atomic E-state index is 5.35. The summed E-state index contributed by atoms with van der Waals surface area (Å²) < 4.78 is 0. The van der Waals surface area contributed by atoms with Gasteiger partial charge in [-0.1, -0.05) is 73.3 Å². The molecule has 2 aromatic carbocycles. The van der Waals surface area contributed by atoms with Crippen LogP contribution in [0.15, 0.2) is 67.2 Å². The topological polar surface area (TPSA) is 26.0 Å². The van der Waals surface area contributed by atoms with E-state index in [1.807, 2.05) is 66.7 Å². The molecule has 16 heavy (non-hydrogen) atoms. The first-order chi connectivity index (χ1) is 7.86. The van der Waals surface area contributed by atoms with Crippen molar-refractivity contribution < 1.29 is 0 Å². The standard InChI is InChI=1S/C8H8.C7H9N/c1-2-8-6-4-3-5-7-8;8-6-7-4-2-1-3-5-7/h2-7H,1H2;1-5H,6,8H2. The molecule has 1 heteroatoms. The summed E-state index contributed by atoms with van der Waals surface area (Å²) in [4.78, 5) is 0. The molecular formula is C15H17N. The highest BCUT2D eigenvalue weighted by Crippen LogP contribution is 1.97. The van der Waals surface area contributed by atoms with E-state index in [1.54, 1.807) is 0 Å². The van der Waals surface area contributed by atoms with E-state index >= 15 is 0 Å². The Morgan fingerprint density at radius 1 is 0.875 bits per heavy atom. The lowest BCUT2D eigenvalue weighted by atomic mass is 10.2. The third kappa shape index (κ3) is 4.58. The van der Waals surface area contributed by atoms with Gasteiger partial charge in [-0.25, -0.2) is 0 Å². The largest absolute Gasteiger partial charge is 0.326 e. The van der Waals surface area contributed by atoms with E-state index in [9.17, 15) is 0 Å². The van der Waals surface area contributed by atoms with Gasteiger partial charge in [0.1, 0.15) is 0 Å². The summed E-state index contributed by atoms with van der Waals surface area (Å²) in [5.74, 6) is 0. The minimum absolute atomic E-state index is 0.640. The molecule has 0 spiro atoms. The van der Waals surface area contributed by atoms with Crippen molar-refractivity contribution in [3.05, 3.63) is 78.4 Å². The first-order valence-electron chi connectivity index (χ1n) is 5.28. The van der Waals surface area contributed by atoms with Crippen LogP contribution in [0.2, 0.25) is 0 Å². The second kappa shape index (κ2) is 7.43. The van der Waals surface area contributed by atoms with E-state index in [0.29, 0.717) is 6.54 Å². The molecule has 0 bridgehead atoms. The Labute approximate surface area is 97.2 Å². The minimum atomic E-state index is 0.640. The van der Waals surface area contributed by atoms with Gasteiger partial charge >= 0.3 is 0 Å². The molecule has 0 aliphatic rings. The molecule has 2 aromatic rings. The van der Waals surface area contributed by atoms with E-state index in [4.69, 9.17) is 5.73 Å². The van der Waals surface area contributed by atoms with E-state index in [-0.39, 0.29) is 0 Å². The maximum atomic E-state index is 5.35. The lowest BCUT2D eigenvalue weighted by molar-refractivity contribution is 1.07. The third-order valence-corrected chi connectivity index (χ3v) is 2.11. The summed E-state index contributed by atoms with van der Waals surface area (Å²) in [6.07, 6.45) is 1.83. The molecular weight excluding hydrogens is 194 g/mol. The van der Waals surface area contributed by atoms with Crippen molar-refractivity contribution in [2.45, 2.75) is 6.54 Å². The summed E-state index contributed by atoms with van der Waals surface area (Å²) in [5, 5.41) is 0. The normalized spacial score (nSPS) is 8.81. The summed E-state index contributed by atoms with van der Waals surface area (Å²) in [6.45, 7) is 4.27. The van der Waals surface area contributed by atoms with Gasteiger partial charge < -0.3 is 5.73 Å². The lowest BCUT2D eigenvalue weighted by Gasteiger charge is -1.90. The zero-order chi connectivity index (χ0) is 11.6. The van der Waals surface area contributed by atoms with Gasteiger partial charge in [0.05, 0.1) is 0 Å². The molecule has 0 aliphatic heterocycles. The number of rotatable bonds is 2. The third-order valence-electron chi connectivity index (χ3n) is 2.11. The molecule has 0 amide bonds. The molecule has 82 valence electrons. The van der Waals surface area contributed by atoms with Gasteiger partial charge in [-0.2, -0.15) is 0 Å². The smallest absolute Gasteiger partial charge is 0.0178 e. The fraction of sp³-hybridized carbons (Fsp3) is 0.0667. The SMILES string of the molecule is C=Cc1ccccc1.NCc1ccccc1. The van der Waals surface area contributed by atoms with Gasteiger partial charge in [0, 0.05) is 6.54 Å². The van der Waals surface area contributed by atoms with Crippen LogP contribution < -0.4 is 5.73 Å². The van der Waals surface area contributed by atoms with Crippen molar-refractivity contribution in [3.8, 4) is 0 Å². The molecule has 2 rings (SSSR count). The predicted octanol–water partition coefficient (Wildman–Crippen LogP) is 3.47. The first kappa shape index (κ1) is 12.2. The van der Waals surface area contributed by atoms with Crippen LogP contribution in [0, 0.1) is 0 Å². The molecule has 0 saturated heterocycles. The molecule has 0 aromatic heterocycles. The highest BCUT2D eigenvalue weighted by molar-refractivity contribution is 5.45. The van der Waals surface area contributed by atoms with Crippen LogP contribution in [0.1, 0.15) is 11.1 Å². The highest BCUT2D eigenvalue weighted by atomic mass is 14.5. The Hall–Kier alpha value is -1.86. The van der Waals surface area contributed by atoms with Crippen LogP contribution >= 0.6 is 0 Å². The van der Waals surface area contributed by atoms with E-state index in [1.165, 1.54) is 11.1 Å². The average molecular weight is 211 g/mol. The monoisotopic (exact) mass is 211 g/mol. The predicted molar refractivity (Wildman–Crippen MR) is 70.9 cm³/mol. The van der Waals surface area contributed by atoms with Crippen LogP contribution in [0.4, 0.5) is 0 Å². The molecule has 0 atom stereocenters.